The third kappa shape index (κ3) is 5.59. The first kappa shape index (κ1) is 16.8. The highest BCUT2D eigenvalue weighted by molar-refractivity contribution is 5.69. The first-order valence-corrected chi connectivity index (χ1v) is 8.84. The number of hydrogen-bond acceptors (Lipinski definition) is 2. The van der Waals surface area contributed by atoms with E-state index in [1.54, 1.807) is 0 Å². The number of quaternary nitrogens is 2. The van der Waals surface area contributed by atoms with Crippen molar-refractivity contribution in [2.45, 2.75) is 44.9 Å². The molecule has 0 atom stereocenters. The maximum Gasteiger partial charge on any atom is 0.311 e. The molecule has 0 aromatic carbocycles. The molecule has 0 amide bonds. The quantitative estimate of drug-likeness (QED) is 0.555. The molecule has 4 heteroatoms. The van der Waals surface area contributed by atoms with Gasteiger partial charge in [0.2, 0.25) is 0 Å². The van der Waals surface area contributed by atoms with Crippen molar-refractivity contribution in [1.82, 2.24) is 0 Å². The molecule has 2 fully saturated rings. The molecule has 0 unspecified atom stereocenters. The number of carbonyl (C=O) groups is 1. The minimum absolute atomic E-state index is 0.00327. The predicted molar refractivity (Wildman–Crippen MR) is 84.8 cm³/mol. The minimum Gasteiger partial charge on any atom is -0.460 e. The van der Waals surface area contributed by atoms with Crippen molar-refractivity contribution in [3.05, 3.63) is 0 Å². The monoisotopic (exact) mass is 298 g/mol. The summed E-state index contributed by atoms with van der Waals surface area (Å²) in [5.74, 6) is 0.00327. The second kappa shape index (κ2) is 7.59. The van der Waals surface area contributed by atoms with Crippen molar-refractivity contribution in [1.29, 1.82) is 0 Å². The maximum atomic E-state index is 11.9. The van der Waals surface area contributed by atoms with E-state index in [1.807, 2.05) is 0 Å². The molecule has 2 aliphatic rings. The van der Waals surface area contributed by atoms with Crippen molar-refractivity contribution in [3.63, 3.8) is 0 Å². The van der Waals surface area contributed by atoms with Crippen molar-refractivity contribution in [3.8, 4) is 0 Å². The number of ether oxygens (including phenoxy) is 1. The lowest BCUT2D eigenvalue weighted by Gasteiger charge is -2.38. The molecular weight excluding hydrogens is 264 g/mol. The largest absolute Gasteiger partial charge is 0.460 e. The molecule has 4 nitrogen and oxygen atoms in total. The Kier molecular flexibility index (Phi) is 6.06. The summed E-state index contributed by atoms with van der Waals surface area (Å²) in [6.07, 6.45) is 8.56. The third-order valence-corrected chi connectivity index (χ3v) is 5.54. The number of rotatable bonds is 6. The molecule has 0 radical (unpaired) electrons. The second-order valence-electron chi connectivity index (χ2n) is 7.67. The van der Waals surface area contributed by atoms with Crippen LogP contribution in [0.25, 0.3) is 0 Å². The molecule has 122 valence electrons. The van der Waals surface area contributed by atoms with E-state index in [-0.39, 0.29) is 5.97 Å². The summed E-state index contributed by atoms with van der Waals surface area (Å²) in [6.45, 7) is 7.46. The molecule has 2 aliphatic heterocycles. The van der Waals surface area contributed by atoms with Crippen LogP contribution in [0.1, 0.15) is 44.9 Å². The lowest BCUT2D eigenvalue weighted by molar-refractivity contribution is -0.914. The number of nitrogens with zero attached hydrogens (tertiary/aromatic N) is 2. The SMILES string of the molecule is C[N+]1(CCOC(=O)CC[N+]2(C)CCCCC2)CCCCC1. The van der Waals surface area contributed by atoms with Crippen LogP contribution < -0.4 is 0 Å². The summed E-state index contributed by atoms with van der Waals surface area (Å²) < 4.78 is 7.62. The molecule has 0 N–H and O–H groups in total. The van der Waals surface area contributed by atoms with Crippen LogP contribution in [0.15, 0.2) is 0 Å². The molecule has 21 heavy (non-hydrogen) atoms. The molecular formula is C17H34N2O2+2. The van der Waals surface area contributed by atoms with E-state index in [2.05, 4.69) is 14.1 Å². The number of carbonyl (C=O) groups excluding carboxylic acids is 1. The van der Waals surface area contributed by atoms with E-state index in [1.165, 1.54) is 64.7 Å². The number of piperidine rings is 2. The van der Waals surface area contributed by atoms with Crippen LogP contribution in [0, 0.1) is 0 Å². The molecule has 2 rings (SSSR count). The molecule has 0 saturated carbocycles. The number of likely N-dealkylation sites (tertiary alicyclic amines) is 2. The summed E-state index contributed by atoms with van der Waals surface area (Å²) in [7, 11) is 4.58. The fourth-order valence-corrected chi connectivity index (χ4v) is 3.81. The number of likely N-dealkylation sites (N-methyl/N-ethyl adjacent to an activating group) is 1. The lowest BCUT2D eigenvalue weighted by Crippen LogP contribution is -2.50. The summed E-state index contributed by atoms with van der Waals surface area (Å²) in [4.78, 5) is 11.9. The highest BCUT2D eigenvalue weighted by atomic mass is 16.5. The Hall–Kier alpha value is -0.610. The molecule has 0 spiro atoms. The molecule has 2 heterocycles. The Morgan fingerprint density at radius 3 is 1.81 bits per heavy atom. The van der Waals surface area contributed by atoms with E-state index in [0.29, 0.717) is 13.0 Å². The fraction of sp³-hybridized carbons (Fsp3) is 0.941. The Morgan fingerprint density at radius 2 is 1.29 bits per heavy atom. The van der Waals surface area contributed by atoms with Crippen molar-refractivity contribution >= 4 is 5.97 Å². The summed E-state index contributed by atoms with van der Waals surface area (Å²) in [6, 6.07) is 0. The van der Waals surface area contributed by atoms with Gasteiger partial charge < -0.3 is 13.7 Å². The normalized spacial score (nSPS) is 24.5. The summed E-state index contributed by atoms with van der Waals surface area (Å²) in [5.41, 5.74) is 0. The van der Waals surface area contributed by atoms with Gasteiger partial charge in [0.1, 0.15) is 13.2 Å². The average Bonchev–Trinajstić information content (AvgIpc) is 2.47. The van der Waals surface area contributed by atoms with Crippen LogP contribution in [0.5, 0.6) is 0 Å². The van der Waals surface area contributed by atoms with Gasteiger partial charge >= 0.3 is 5.97 Å². The van der Waals surface area contributed by atoms with Crippen LogP contribution in [-0.4, -0.2) is 74.9 Å². The summed E-state index contributed by atoms with van der Waals surface area (Å²) >= 11 is 0. The van der Waals surface area contributed by atoms with Gasteiger partial charge in [-0.1, -0.05) is 0 Å². The van der Waals surface area contributed by atoms with Gasteiger partial charge in [-0.2, -0.15) is 0 Å². The minimum atomic E-state index is 0.00327. The zero-order chi connectivity index (χ0) is 15.2. The van der Waals surface area contributed by atoms with Crippen LogP contribution in [-0.2, 0) is 9.53 Å². The highest BCUT2D eigenvalue weighted by Crippen LogP contribution is 2.17. The Labute approximate surface area is 130 Å². The van der Waals surface area contributed by atoms with E-state index in [0.717, 1.165) is 22.1 Å². The Balaban J connectivity index is 1.61. The zero-order valence-corrected chi connectivity index (χ0v) is 14.1. The molecule has 2 saturated heterocycles. The molecule has 0 aromatic rings. The van der Waals surface area contributed by atoms with Gasteiger partial charge in [0.05, 0.1) is 53.2 Å². The van der Waals surface area contributed by atoms with Gasteiger partial charge in [-0.3, -0.25) is 4.79 Å². The van der Waals surface area contributed by atoms with Gasteiger partial charge in [-0.05, 0) is 38.5 Å². The standard InChI is InChI=1S/C17H34N2O2/c1-18(10-5-3-6-11-18)14-9-17(20)21-16-15-19(2)12-7-4-8-13-19/h3-16H2,1-2H3/q+2. The first-order chi connectivity index (χ1) is 10.0. The predicted octanol–water partition coefficient (Wildman–Crippen LogP) is 2.18. The smallest absolute Gasteiger partial charge is 0.311 e. The van der Waals surface area contributed by atoms with Gasteiger partial charge in [0, 0.05) is 0 Å². The van der Waals surface area contributed by atoms with Crippen LogP contribution >= 0.6 is 0 Å². The number of esters is 1. The lowest BCUT2D eigenvalue weighted by atomic mass is 10.1. The zero-order valence-electron chi connectivity index (χ0n) is 14.1. The highest BCUT2D eigenvalue weighted by Gasteiger charge is 2.27. The second-order valence-corrected chi connectivity index (χ2v) is 7.67. The third-order valence-electron chi connectivity index (χ3n) is 5.54. The van der Waals surface area contributed by atoms with Crippen molar-refractivity contribution in [2.24, 2.45) is 0 Å². The maximum absolute atomic E-state index is 11.9. The Bertz CT molecular complexity index is 332. The van der Waals surface area contributed by atoms with Crippen LogP contribution in [0.2, 0.25) is 0 Å². The van der Waals surface area contributed by atoms with E-state index in [9.17, 15) is 4.79 Å². The van der Waals surface area contributed by atoms with E-state index < -0.39 is 0 Å². The first-order valence-electron chi connectivity index (χ1n) is 8.84. The fourth-order valence-electron chi connectivity index (χ4n) is 3.81. The molecule has 0 bridgehead atoms. The average molecular weight is 298 g/mol. The van der Waals surface area contributed by atoms with Crippen LogP contribution in [0.3, 0.4) is 0 Å². The van der Waals surface area contributed by atoms with Crippen LogP contribution in [0.4, 0.5) is 0 Å². The van der Waals surface area contributed by atoms with E-state index in [4.69, 9.17) is 4.74 Å². The van der Waals surface area contributed by atoms with Crippen molar-refractivity contribution < 1.29 is 18.5 Å². The molecule has 0 aliphatic carbocycles. The Morgan fingerprint density at radius 1 is 0.810 bits per heavy atom. The van der Waals surface area contributed by atoms with Gasteiger partial charge in [-0.15, -0.1) is 0 Å². The number of hydrogen-bond donors (Lipinski definition) is 0. The van der Waals surface area contributed by atoms with Crippen molar-refractivity contribution in [2.75, 3.05) is 60.0 Å². The van der Waals surface area contributed by atoms with E-state index >= 15 is 0 Å². The van der Waals surface area contributed by atoms with Gasteiger partial charge in [-0.25, -0.2) is 0 Å². The van der Waals surface area contributed by atoms with Gasteiger partial charge in [0.25, 0.3) is 0 Å². The topological polar surface area (TPSA) is 26.3 Å². The van der Waals surface area contributed by atoms with Gasteiger partial charge in [0.15, 0.2) is 0 Å². The molecule has 0 aromatic heterocycles. The summed E-state index contributed by atoms with van der Waals surface area (Å²) in [5, 5.41) is 0.